The summed E-state index contributed by atoms with van der Waals surface area (Å²) in [7, 11) is 0. The second-order valence-corrected chi connectivity index (χ2v) is 4.36. The van der Waals surface area contributed by atoms with Gasteiger partial charge in [-0.05, 0) is 31.5 Å². The molecule has 1 atom stereocenters. The second kappa shape index (κ2) is 5.84. The first-order valence-electron chi connectivity index (χ1n) is 6.03. The second-order valence-electron chi connectivity index (χ2n) is 4.36. The third-order valence-electron chi connectivity index (χ3n) is 3.16. The zero-order valence-corrected chi connectivity index (χ0v) is 9.89. The fourth-order valence-corrected chi connectivity index (χ4v) is 2.21. The van der Waals surface area contributed by atoms with Gasteiger partial charge in [-0.3, -0.25) is 9.69 Å². The number of carbonyl (C=O) groups is 1. The molecule has 3 N–H and O–H groups in total. The molecule has 5 heteroatoms. The number of nitrogens with two attached hydrogens (primary N) is 1. The van der Waals surface area contributed by atoms with Gasteiger partial charge in [0.05, 0.1) is 19.4 Å². The summed E-state index contributed by atoms with van der Waals surface area (Å²) in [6, 6.07) is 4.02. The molecule has 0 bridgehead atoms. The van der Waals surface area contributed by atoms with Crippen LogP contribution in [0.4, 0.5) is 0 Å². The van der Waals surface area contributed by atoms with Gasteiger partial charge in [0.2, 0.25) is 5.91 Å². The van der Waals surface area contributed by atoms with Gasteiger partial charge in [-0.25, -0.2) is 0 Å². The van der Waals surface area contributed by atoms with Gasteiger partial charge >= 0.3 is 0 Å². The summed E-state index contributed by atoms with van der Waals surface area (Å²) in [5.41, 5.74) is 5.66. The minimum atomic E-state index is 0.0294. The van der Waals surface area contributed by atoms with Crippen LogP contribution in [0.2, 0.25) is 0 Å². The Morgan fingerprint density at radius 2 is 2.53 bits per heavy atom. The van der Waals surface area contributed by atoms with E-state index in [9.17, 15) is 4.79 Å². The van der Waals surface area contributed by atoms with Gasteiger partial charge in [0.15, 0.2) is 0 Å². The van der Waals surface area contributed by atoms with E-state index in [4.69, 9.17) is 10.2 Å². The molecule has 0 spiro atoms. The molecule has 0 aliphatic carbocycles. The van der Waals surface area contributed by atoms with Gasteiger partial charge in [-0.15, -0.1) is 0 Å². The molecule has 1 saturated heterocycles. The molecule has 0 radical (unpaired) electrons. The SMILES string of the molecule is NCC1CCCN1CC(=O)NCc1ccco1. The summed E-state index contributed by atoms with van der Waals surface area (Å²) in [6.07, 6.45) is 3.84. The molecule has 5 nitrogen and oxygen atoms in total. The molecular weight excluding hydrogens is 218 g/mol. The highest BCUT2D eigenvalue weighted by Gasteiger charge is 2.24. The molecule has 2 heterocycles. The Bertz CT molecular complexity index is 351. The predicted molar refractivity (Wildman–Crippen MR) is 64.2 cm³/mol. The normalized spacial score (nSPS) is 20.6. The number of nitrogens with one attached hydrogen (secondary N) is 1. The average Bonchev–Trinajstić information content (AvgIpc) is 2.97. The summed E-state index contributed by atoms with van der Waals surface area (Å²) in [5, 5.41) is 2.84. The first-order valence-corrected chi connectivity index (χ1v) is 6.03. The molecule has 17 heavy (non-hydrogen) atoms. The zero-order valence-electron chi connectivity index (χ0n) is 9.89. The van der Waals surface area contributed by atoms with Crippen molar-refractivity contribution in [3.05, 3.63) is 24.2 Å². The largest absolute Gasteiger partial charge is 0.467 e. The number of carbonyl (C=O) groups excluding carboxylic acids is 1. The van der Waals surface area contributed by atoms with E-state index in [1.165, 1.54) is 0 Å². The third-order valence-corrected chi connectivity index (χ3v) is 3.16. The van der Waals surface area contributed by atoms with Crippen LogP contribution in [-0.2, 0) is 11.3 Å². The van der Waals surface area contributed by atoms with E-state index in [2.05, 4.69) is 10.2 Å². The van der Waals surface area contributed by atoms with Crippen molar-refractivity contribution in [3.8, 4) is 0 Å². The summed E-state index contributed by atoms with van der Waals surface area (Å²) in [4.78, 5) is 13.9. The number of rotatable bonds is 5. The lowest BCUT2D eigenvalue weighted by molar-refractivity contribution is -0.122. The third kappa shape index (κ3) is 3.31. The fourth-order valence-electron chi connectivity index (χ4n) is 2.21. The monoisotopic (exact) mass is 237 g/mol. The Morgan fingerprint density at radius 1 is 1.65 bits per heavy atom. The highest BCUT2D eigenvalue weighted by Crippen LogP contribution is 2.15. The maximum atomic E-state index is 11.7. The molecule has 94 valence electrons. The number of nitrogens with zero attached hydrogens (tertiary/aromatic N) is 1. The molecule has 1 aliphatic heterocycles. The quantitative estimate of drug-likeness (QED) is 0.773. The van der Waals surface area contributed by atoms with E-state index >= 15 is 0 Å². The summed E-state index contributed by atoms with van der Waals surface area (Å²) < 4.78 is 5.15. The Morgan fingerprint density at radius 3 is 3.24 bits per heavy atom. The molecular formula is C12H19N3O2. The van der Waals surface area contributed by atoms with Gasteiger partial charge < -0.3 is 15.5 Å². The highest BCUT2D eigenvalue weighted by molar-refractivity contribution is 5.78. The van der Waals surface area contributed by atoms with Crippen molar-refractivity contribution in [1.82, 2.24) is 10.2 Å². The lowest BCUT2D eigenvalue weighted by Gasteiger charge is -2.22. The van der Waals surface area contributed by atoms with Crippen LogP contribution < -0.4 is 11.1 Å². The molecule has 1 aromatic heterocycles. The van der Waals surface area contributed by atoms with Crippen molar-refractivity contribution in [2.45, 2.75) is 25.4 Å². The molecule has 0 aromatic carbocycles. The number of hydrogen-bond donors (Lipinski definition) is 2. The van der Waals surface area contributed by atoms with E-state index in [1.807, 2.05) is 12.1 Å². The number of hydrogen-bond acceptors (Lipinski definition) is 4. The van der Waals surface area contributed by atoms with Crippen LogP contribution in [0.25, 0.3) is 0 Å². The maximum Gasteiger partial charge on any atom is 0.234 e. The molecule has 1 fully saturated rings. The Balaban J connectivity index is 1.73. The molecule has 0 saturated carbocycles. The Labute approximate surface area is 101 Å². The smallest absolute Gasteiger partial charge is 0.234 e. The van der Waals surface area contributed by atoms with E-state index in [0.717, 1.165) is 25.1 Å². The molecule has 1 aromatic rings. The minimum absolute atomic E-state index is 0.0294. The summed E-state index contributed by atoms with van der Waals surface area (Å²) in [5.74, 6) is 0.803. The number of amides is 1. The first-order chi connectivity index (χ1) is 8.29. The van der Waals surface area contributed by atoms with Crippen LogP contribution in [0.1, 0.15) is 18.6 Å². The van der Waals surface area contributed by atoms with E-state index in [1.54, 1.807) is 6.26 Å². The summed E-state index contributed by atoms with van der Waals surface area (Å²) >= 11 is 0. The predicted octanol–water partition coefficient (Wildman–Crippen LogP) is 0.319. The lowest BCUT2D eigenvalue weighted by atomic mass is 10.2. The first kappa shape index (κ1) is 12.1. The van der Waals surface area contributed by atoms with Crippen LogP contribution in [0.3, 0.4) is 0 Å². The molecule has 1 aliphatic rings. The van der Waals surface area contributed by atoms with Crippen molar-refractivity contribution in [2.75, 3.05) is 19.6 Å². The van der Waals surface area contributed by atoms with Crippen molar-refractivity contribution >= 4 is 5.91 Å². The van der Waals surface area contributed by atoms with Gasteiger partial charge in [0.1, 0.15) is 5.76 Å². The van der Waals surface area contributed by atoms with Crippen LogP contribution in [0.15, 0.2) is 22.8 Å². The van der Waals surface area contributed by atoms with Crippen LogP contribution >= 0.6 is 0 Å². The Kier molecular flexibility index (Phi) is 4.17. The van der Waals surface area contributed by atoms with Gasteiger partial charge in [-0.2, -0.15) is 0 Å². The van der Waals surface area contributed by atoms with Crippen molar-refractivity contribution in [2.24, 2.45) is 5.73 Å². The van der Waals surface area contributed by atoms with E-state index in [-0.39, 0.29) is 5.91 Å². The molecule has 2 rings (SSSR count). The average molecular weight is 237 g/mol. The van der Waals surface area contributed by atoms with Crippen molar-refractivity contribution in [3.63, 3.8) is 0 Å². The fraction of sp³-hybridized carbons (Fsp3) is 0.583. The van der Waals surface area contributed by atoms with Gasteiger partial charge in [0, 0.05) is 12.6 Å². The lowest BCUT2D eigenvalue weighted by Crippen LogP contribution is -2.42. The standard InChI is InChI=1S/C12H19N3O2/c13-7-10-3-1-5-15(10)9-12(16)14-8-11-4-2-6-17-11/h2,4,6,10H,1,3,5,7-9,13H2,(H,14,16). The van der Waals surface area contributed by atoms with Crippen molar-refractivity contribution in [1.29, 1.82) is 0 Å². The highest BCUT2D eigenvalue weighted by atomic mass is 16.3. The number of furan rings is 1. The summed E-state index contributed by atoms with van der Waals surface area (Å²) in [6.45, 7) is 2.48. The maximum absolute atomic E-state index is 11.7. The van der Waals surface area contributed by atoms with E-state index in [0.29, 0.717) is 25.7 Å². The van der Waals surface area contributed by atoms with Crippen LogP contribution in [-0.4, -0.2) is 36.5 Å². The van der Waals surface area contributed by atoms with E-state index < -0.39 is 0 Å². The van der Waals surface area contributed by atoms with Crippen molar-refractivity contribution < 1.29 is 9.21 Å². The zero-order chi connectivity index (χ0) is 12.1. The van der Waals surface area contributed by atoms with Crippen LogP contribution in [0.5, 0.6) is 0 Å². The van der Waals surface area contributed by atoms with Crippen LogP contribution in [0, 0.1) is 0 Å². The number of likely N-dealkylation sites (tertiary alicyclic amines) is 1. The minimum Gasteiger partial charge on any atom is -0.467 e. The van der Waals surface area contributed by atoms with Gasteiger partial charge in [-0.1, -0.05) is 0 Å². The topological polar surface area (TPSA) is 71.5 Å². The molecule has 1 unspecified atom stereocenters. The molecule has 1 amide bonds. The Hall–Kier alpha value is -1.33. The van der Waals surface area contributed by atoms with Gasteiger partial charge in [0.25, 0.3) is 0 Å².